The van der Waals surface area contributed by atoms with Crippen molar-refractivity contribution in [2.45, 2.75) is 45.2 Å². The van der Waals surface area contributed by atoms with Gasteiger partial charge in [-0.3, -0.25) is 13.9 Å². The molecule has 1 N–H and O–H groups in total. The third kappa shape index (κ3) is 9.89. The number of nitrogens with one attached hydrogen (secondary N) is 1. The van der Waals surface area contributed by atoms with Crippen LogP contribution in [-0.4, -0.2) is 57.6 Å². The van der Waals surface area contributed by atoms with E-state index in [-0.39, 0.29) is 37.7 Å². The predicted octanol–water partition coefficient (Wildman–Crippen LogP) is 5.17. The molecule has 8 nitrogen and oxygen atoms in total. The van der Waals surface area contributed by atoms with Crippen LogP contribution < -0.4 is 14.4 Å². The molecule has 0 radical (unpaired) electrons. The van der Waals surface area contributed by atoms with Crippen LogP contribution >= 0.6 is 15.9 Å². The minimum absolute atomic E-state index is 0.0745. The molecule has 0 aromatic heterocycles. The van der Waals surface area contributed by atoms with E-state index >= 15 is 0 Å². The second-order valence-electron chi connectivity index (χ2n) is 9.78. The summed E-state index contributed by atoms with van der Waals surface area (Å²) in [6, 6.07) is 23.3. The lowest BCUT2D eigenvalue weighted by Crippen LogP contribution is -2.50. The Balaban J connectivity index is 1.85. The number of nitrogens with zero attached hydrogens (tertiary/aromatic N) is 2. The summed E-state index contributed by atoms with van der Waals surface area (Å²) in [6.07, 6.45) is 2.64. The molecule has 1 atom stereocenters. The van der Waals surface area contributed by atoms with Crippen LogP contribution in [0.25, 0.3) is 0 Å². The van der Waals surface area contributed by atoms with Crippen molar-refractivity contribution in [1.82, 2.24) is 10.2 Å². The van der Waals surface area contributed by atoms with Gasteiger partial charge < -0.3 is 15.0 Å². The largest absolute Gasteiger partial charge is 0.497 e. The Labute approximate surface area is 251 Å². The van der Waals surface area contributed by atoms with Gasteiger partial charge in [-0.25, -0.2) is 8.42 Å². The van der Waals surface area contributed by atoms with Crippen LogP contribution in [0, 0.1) is 0 Å². The lowest BCUT2D eigenvalue weighted by Gasteiger charge is -2.32. The Morgan fingerprint density at radius 2 is 1.61 bits per heavy atom. The molecule has 0 aliphatic rings. The minimum atomic E-state index is -3.59. The smallest absolute Gasteiger partial charge is 0.243 e. The van der Waals surface area contributed by atoms with Gasteiger partial charge in [0.25, 0.3) is 0 Å². The van der Waals surface area contributed by atoms with Crippen molar-refractivity contribution in [3.05, 3.63) is 94.5 Å². The number of amides is 2. The van der Waals surface area contributed by atoms with Crippen molar-refractivity contribution in [3.63, 3.8) is 0 Å². The van der Waals surface area contributed by atoms with Gasteiger partial charge in [-0.05, 0) is 60.4 Å². The van der Waals surface area contributed by atoms with E-state index < -0.39 is 16.1 Å². The van der Waals surface area contributed by atoms with Crippen LogP contribution in [0.5, 0.6) is 5.75 Å². The van der Waals surface area contributed by atoms with Crippen LogP contribution in [0.1, 0.15) is 37.3 Å². The molecule has 0 fully saturated rings. The molecule has 0 heterocycles. The first kappa shape index (κ1) is 32.1. The van der Waals surface area contributed by atoms with Crippen molar-refractivity contribution in [2.24, 2.45) is 0 Å². The predicted molar refractivity (Wildman–Crippen MR) is 166 cm³/mol. The Morgan fingerprint density at radius 3 is 2.20 bits per heavy atom. The number of carbonyl (C=O) groups is 2. The summed E-state index contributed by atoms with van der Waals surface area (Å²) in [5.74, 6) is 0.188. The zero-order valence-electron chi connectivity index (χ0n) is 23.8. The number of methoxy groups -OCH3 is 1. The van der Waals surface area contributed by atoms with Crippen molar-refractivity contribution in [2.75, 3.05) is 30.8 Å². The van der Waals surface area contributed by atoms with Gasteiger partial charge in [0.05, 0.1) is 19.1 Å². The first-order valence-electron chi connectivity index (χ1n) is 13.6. The molecule has 0 aliphatic carbocycles. The maximum Gasteiger partial charge on any atom is 0.243 e. The lowest BCUT2D eigenvalue weighted by atomic mass is 10.0. The quantitative estimate of drug-likeness (QED) is 0.247. The molecule has 0 aliphatic heterocycles. The molecule has 220 valence electrons. The highest BCUT2D eigenvalue weighted by molar-refractivity contribution is 9.10. The fourth-order valence-electron chi connectivity index (χ4n) is 4.46. The van der Waals surface area contributed by atoms with Gasteiger partial charge in [-0.1, -0.05) is 65.3 Å². The molecule has 2 amide bonds. The van der Waals surface area contributed by atoms with Crippen LogP contribution in [0.2, 0.25) is 0 Å². The highest BCUT2D eigenvalue weighted by atomic mass is 79.9. The Hall–Kier alpha value is -3.37. The highest BCUT2D eigenvalue weighted by Crippen LogP contribution is 2.23. The summed E-state index contributed by atoms with van der Waals surface area (Å²) in [7, 11) is -2.05. The summed E-state index contributed by atoms with van der Waals surface area (Å²) >= 11 is 3.45. The maximum atomic E-state index is 13.8. The number of hydrogen-bond donors (Lipinski definition) is 1. The number of ether oxygens (including phenoxy) is 1. The zero-order chi connectivity index (χ0) is 29.8. The molecule has 0 saturated heterocycles. The van der Waals surface area contributed by atoms with Gasteiger partial charge in [0.15, 0.2) is 0 Å². The summed E-state index contributed by atoms with van der Waals surface area (Å²) < 4.78 is 32.6. The standard InChI is InChI=1S/C31H38BrN3O5S/c1-4-20-33-31(37)29(22-24-9-6-5-7-10-24)34(23-25-12-14-26(32)15-13-25)30(36)11-8-21-35(41(3,38)39)27-16-18-28(40-2)19-17-27/h5-7,9-10,12-19,29H,4,8,11,20-23H2,1-3H3,(H,33,37). The zero-order valence-corrected chi connectivity index (χ0v) is 26.2. The van der Waals surface area contributed by atoms with Crippen LogP contribution in [0.15, 0.2) is 83.3 Å². The third-order valence-electron chi connectivity index (χ3n) is 6.60. The second kappa shape index (κ2) is 15.6. The summed E-state index contributed by atoms with van der Waals surface area (Å²) in [6.45, 7) is 2.86. The molecule has 0 spiro atoms. The number of hydrogen-bond acceptors (Lipinski definition) is 5. The van der Waals surface area contributed by atoms with E-state index in [0.29, 0.717) is 24.4 Å². The van der Waals surface area contributed by atoms with Crippen molar-refractivity contribution in [3.8, 4) is 5.75 Å². The van der Waals surface area contributed by atoms with Gasteiger partial charge in [-0.15, -0.1) is 0 Å². The first-order chi connectivity index (χ1) is 19.6. The van der Waals surface area contributed by atoms with Gasteiger partial charge in [0, 0.05) is 36.9 Å². The van der Waals surface area contributed by atoms with Crippen LogP contribution in [0.3, 0.4) is 0 Å². The molecule has 3 aromatic rings. The van der Waals surface area contributed by atoms with Crippen molar-refractivity contribution in [1.29, 1.82) is 0 Å². The van der Waals surface area contributed by atoms with Crippen molar-refractivity contribution < 1.29 is 22.7 Å². The highest BCUT2D eigenvalue weighted by Gasteiger charge is 2.30. The molecule has 3 rings (SSSR count). The van der Waals surface area contributed by atoms with E-state index in [0.717, 1.165) is 28.3 Å². The topological polar surface area (TPSA) is 96.0 Å². The van der Waals surface area contributed by atoms with E-state index in [9.17, 15) is 18.0 Å². The number of benzene rings is 3. The molecule has 3 aromatic carbocycles. The third-order valence-corrected chi connectivity index (χ3v) is 8.32. The average molecular weight is 645 g/mol. The summed E-state index contributed by atoms with van der Waals surface area (Å²) in [5.41, 5.74) is 2.33. The second-order valence-corrected chi connectivity index (χ2v) is 12.6. The van der Waals surface area contributed by atoms with Gasteiger partial charge >= 0.3 is 0 Å². The molecule has 41 heavy (non-hydrogen) atoms. The molecular formula is C31H38BrN3O5S. The van der Waals surface area contributed by atoms with E-state index in [2.05, 4.69) is 21.2 Å². The summed E-state index contributed by atoms with van der Waals surface area (Å²) in [5, 5.41) is 2.97. The number of carbonyl (C=O) groups excluding carboxylic acids is 2. The fraction of sp³-hybridized carbons (Fsp3) is 0.355. The molecular weight excluding hydrogens is 606 g/mol. The molecule has 1 unspecified atom stereocenters. The monoisotopic (exact) mass is 643 g/mol. The normalized spacial score (nSPS) is 11.9. The van der Waals surface area contributed by atoms with Crippen molar-refractivity contribution >= 4 is 43.5 Å². The van der Waals surface area contributed by atoms with Crippen LogP contribution in [0.4, 0.5) is 5.69 Å². The van der Waals surface area contributed by atoms with Crippen LogP contribution in [-0.2, 0) is 32.6 Å². The minimum Gasteiger partial charge on any atom is -0.497 e. The SMILES string of the molecule is CCCNC(=O)C(Cc1ccccc1)N(Cc1ccc(Br)cc1)C(=O)CCCN(c1ccc(OC)cc1)S(C)(=O)=O. The fourth-order valence-corrected chi connectivity index (χ4v) is 5.69. The van der Waals surface area contributed by atoms with Gasteiger partial charge in [0.2, 0.25) is 21.8 Å². The van der Waals surface area contributed by atoms with E-state index in [1.165, 1.54) is 4.31 Å². The van der Waals surface area contributed by atoms with E-state index in [1.807, 2.05) is 61.5 Å². The first-order valence-corrected chi connectivity index (χ1v) is 16.2. The van der Waals surface area contributed by atoms with Gasteiger partial charge in [-0.2, -0.15) is 0 Å². The number of sulfonamides is 1. The Kier molecular flexibility index (Phi) is 12.2. The Morgan fingerprint density at radius 1 is 0.951 bits per heavy atom. The Bertz CT molecular complexity index is 1370. The molecule has 0 saturated carbocycles. The average Bonchev–Trinajstić information content (AvgIpc) is 2.96. The molecule has 0 bridgehead atoms. The molecule has 10 heteroatoms. The number of anilines is 1. The lowest BCUT2D eigenvalue weighted by molar-refractivity contribution is -0.141. The van der Waals surface area contributed by atoms with Gasteiger partial charge in [0.1, 0.15) is 11.8 Å². The van der Waals surface area contributed by atoms with E-state index in [1.54, 1.807) is 36.3 Å². The van der Waals surface area contributed by atoms with E-state index in [4.69, 9.17) is 4.74 Å². The summed E-state index contributed by atoms with van der Waals surface area (Å²) in [4.78, 5) is 28.9. The number of halogens is 1. The maximum absolute atomic E-state index is 13.8. The number of rotatable bonds is 15.